The highest BCUT2D eigenvalue weighted by molar-refractivity contribution is 6.08. The number of fused-ring (bicyclic) bond motifs is 1. The second kappa shape index (κ2) is 7.43. The van der Waals surface area contributed by atoms with Gasteiger partial charge in [0.1, 0.15) is 17.9 Å². The number of aromatic hydroxyl groups is 1. The number of carboxylic acid groups (broad SMARTS) is 1. The first kappa shape index (κ1) is 18.2. The van der Waals surface area contributed by atoms with Crippen molar-refractivity contribution in [2.45, 2.75) is 0 Å². The third-order valence-electron chi connectivity index (χ3n) is 4.30. The summed E-state index contributed by atoms with van der Waals surface area (Å²) in [5.41, 5.74) is 1.92. The number of rotatable bonds is 5. The van der Waals surface area contributed by atoms with Crippen molar-refractivity contribution < 1.29 is 24.3 Å². The lowest BCUT2D eigenvalue weighted by atomic mass is 10.0. The Labute approximate surface area is 164 Å². The highest BCUT2D eigenvalue weighted by Crippen LogP contribution is 2.40. The normalized spacial score (nSPS) is 10.8. The van der Waals surface area contributed by atoms with E-state index in [0.717, 1.165) is 0 Å². The molecule has 8 heteroatoms. The number of nitrogens with one attached hydrogen (secondary N) is 1. The minimum absolute atomic E-state index is 0.224. The van der Waals surface area contributed by atoms with Gasteiger partial charge < -0.3 is 20.1 Å². The summed E-state index contributed by atoms with van der Waals surface area (Å²) in [7, 11) is 0. The second-order valence-electron chi connectivity index (χ2n) is 6.20. The Balaban J connectivity index is 1.97. The number of carbonyl (C=O) groups excluding carboxylic acids is 1. The Morgan fingerprint density at radius 2 is 1.52 bits per heavy atom. The van der Waals surface area contributed by atoms with E-state index in [1.807, 2.05) is 24.3 Å². The number of benzene rings is 2. The van der Waals surface area contributed by atoms with Crippen molar-refractivity contribution >= 4 is 22.8 Å². The highest BCUT2D eigenvalue weighted by Gasteiger charge is 2.26. The van der Waals surface area contributed by atoms with Gasteiger partial charge in [0.05, 0.1) is 5.39 Å². The van der Waals surface area contributed by atoms with Crippen LogP contribution in [0.25, 0.3) is 33.5 Å². The third kappa shape index (κ3) is 3.39. The average Bonchev–Trinajstić information content (AvgIpc) is 3.19. The molecule has 0 saturated heterocycles. The van der Waals surface area contributed by atoms with Crippen LogP contribution in [0.3, 0.4) is 0 Å². The Kier molecular flexibility index (Phi) is 4.66. The van der Waals surface area contributed by atoms with Gasteiger partial charge in [-0.1, -0.05) is 65.8 Å². The molecule has 144 valence electrons. The van der Waals surface area contributed by atoms with Crippen LogP contribution in [0.2, 0.25) is 0 Å². The standard InChI is InChI=1S/C21H15N3O5/c25-14(26)11-22-21(28)18-19(27)15-16(12-7-3-1-4-8-12)24-29-20(15)17(23-18)13-9-5-2-6-10-13/h1-10,27H,11H2,(H,22,28)(H,25,26). The van der Waals surface area contributed by atoms with Crippen LogP contribution in [0.1, 0.15) is 10.5 Å². The zero-order valence-electron chi connectivity index (χ0n) is 15.0. The molecule has 0 aliphatic heterocycles. The number of amides is 1. The molecule has 0 spiro atoms. The maximum Gasteiger partial charge on any atom is 0.322 e. The zero-order chi connectivity index (χ0) is 20.4. The van der Waals surface area contributed by atoms with Crippen molar-refractivity contribution in [3.05, 3.63) is 66.4 Å². The molecule has 1 amide bonds. The van der Waals surface area contributed by atoms with Gasteiger partial charge in [-0.2, -0.15) is 0 Å². The lowest BCUT2D eigenvalue weighted by Crippen LogP contribution is -2.30. The minimum Gasteiger partial charge on any atom is -0.505 e. The molecule has 0 radical (unpaired) electrons. The molecule has 4 rings (SSSR count). The van der Waals surface area contributed by atoms with Crippen LogP contribution in [0.4, 0.5) is 0 Å². The third-order valence-corrected chi connectivity index (χ3v) is 4.30. The predicted molar refractivity (Wildman–Crippen MR) is 104 cm³/mol. The van der Waals surface area contributed by atoms with Gasteiger partial charge in [0.2, 0.25) is 0 Å². The molecular weight excluding hydrogens is 374 g/mol. The van der Waals surface area contributed by atoms with E-state index in [2.05, 4.69) is 15.5 Å². The maximum absolute atomic E-state index is 12.5. The van der Waals surface area contributed by atoms with Crippen LogP contribution in [0.15, 0.2) is 65.2 Å². The molecule has 29 heavy (non-hydrogen) atoms. The summed E-state index contributed by atoms with van der Waals surface area (Å²) in [6.45, 7) is -0.603. The summed E-state index contributed by atoms with van der Waals surface area (Å²) >= 11 is 0. The Morgan fingerprint density at radius 3 is 2.10 bits per heavy atom. The van der Waals surface area contributed by atoms with Crippen molar-refractivity contribution in [1.82, 2.24) is 15.5 Å². The van der Waals surface area contributed by atoms with Crippen LogP contribution in [-0.2, 0) is 4.79 Å². The molecule has 0 saturated carbocycles. The molecule has 0 bridgehead atoms. The van der Waals surface area contributed by atoms with E-state index in [4.69, 9.17) is 9.63 Å². The van der Waals surface area contributed by atoms with E-state index in [-0.39, 0.29) is 16.7 Å². The number of nitrogens with zero attached hydrogens (tertiary/aromatic N) is 2. The Hall–Kier alpha value is -4.20. The number of hydrogen-bond donors (Lipinski definition) is 3. The van der Waals surface area contributed by atoms with Crippen LogP contribution < -0.4 is 5.32 Å². The highest BCUT2D eigenvalue weighted by atomic mass is 16.5. The van der Waals surface area contributed by atoms with E-state index in [1.165, 1.54) is 0 Å². The second-order valence-corrected chi connectivity index (χ2v) is 6.20. The molecular formula is C21H15N3O5. The number of pyridine rings is 1. The quantitative estimate of drug-likeness (QED) is 0.479. The van der Waals surface area contributed by atoms with E-state index < -0.39 is 24.2 Å². The molecule has 4 aromatic rings. The molecule has 2 aromatic heterocycles. The maximum atomic E-state index is 12.5. The molecule has 2 heterocycles. The average molecular weight is 389 g/mol. The molecule has 0 aliphatic rings. The zero-order valence-corrected chi connectivity index (χ0v) is 15.0. The monoisotopic (exact) mass is 389 g/mol. The molecule has 0 atom stereocenters. The van der Waals surface area contributed by atoms with E-state index in [9.17, 15) is 14.7 Å². The SMILES string of the molecule is O=C(O)CNC(=O)c1nc(-c2ccccc2)c2onc(-c3ccccc3)c2c1O. The first-order valence-electron chi connectivity index (χ1n) is 8.69. The van der Waals surface area contributed by atoms with Crippen LogP contribution >= 0.6 is 0 Å². The van der Waals surface area contributed by atoms with Crippen LogP contribution in [-0.4, -0.2) is 38.8 Å². The number of aromatic nitrogens is 2. The molecule has 0 unspecified atom stereocenters. The Morgan fingerprint density at radius 1 is 0.931 bits per heavy atom. The fraction of sp³-hybridized carbons (Fsp3) is 0.0476. The first-order chi connectivity index (χ1) is 14.1. The van der Waals surface area contributed by atoms with Crippen molar-refractivity contribution in [1.29, 1.82) is 0 Å². The summed E-state index contributed by atoms with van der Waals surface area (Å²) in [6, 6.07) is 18.0. The van der Waals surface area contributed by atoms with E-state index in [1.54, 1.807) is 36.4 Å². The molecule has 2 aromatic carbocycles. The van der Waals surface area contributed by atoms with Gasteiger partial charge in [-0.3, -0.25) is 9.59 Å². The van der Waals surface area contributed by atoms with E-state index in [0.29, 0.717) is 22.5 Å². The van der Waals surface area contributed by atoms with Crippen molar-refractivity contribution in [3.8, 4) is 28.3 Å². The molecule has 0 fully saturated rings. The summed E-state index contributed by atoms with van der Waals surface area (Å²) in [5, 5.41) is 26.2. The van der Waals surface area contributed by atoms with Gasteiger partial charge >= 0.3 is 5.97 Å². The minimum atomic E-state index is -1.21. The van der Waals surface area contributed by atoms with Gasteiger partial charge in [-0.05, 0) is 0 Å². The lowest BCUT2D eigenvalue weighted by Gasteiger charge is -2.09. The van der Waals surface area contributed by atoms with Crippen LogP contribution in [0.5, 0.6) is 5.75 Å². The van der Waals surface area contributed by atoms with Crippen molar-refractivity contribution in [3.63, 3.8) is 0 Å². The Bertz CT molecular complexity index is 1200. The van der Waals surface area contributed by atoms with Crippen LogP contribution in [0, 0.1) is 0 Å². The fourth-order valence-corrected chi connectivity index (χ4v) is 2.99. The van der Waals surface area contributed by atoms with Gasteiger partial charge in [-0.25, -0.2) is 4.98 Å². The smallest absolute Gasteiger partial charge is 0.322 e. The molecule has 0 aliphatic carbocycles. The van der Waals surface area contributed by atoms with Gasteiger partial charge in [0, 0.05) is 11.1 Å². The number of aliphatic carboxylic acids is 1. The predicted octanol–water partition coefficient (Wildman–Crippen LogP) is 3.08. The molecule has 8 nitrogen and oxygen atoms in total. The number of carbonyl (C=O) groups is 2. The van der Waals surface area contributed by atoms with Crippen molar-refractivity contribution in [2.24, 2.45) is 0 Å². The summed E-state index contributed by atoms with van der Waals surface area (Å²) in [5.74, 6) is -2.45. The van der Waals surface area contributed by atoms with Gasteiger partial charge in [0.15, 0.2) is 17.0 Å². The summed E-state index contributed by atoms with van der Waals surface area (Å²) in [6.07, 6.45) is 0. The topological polar surface area (TPSA) is 126 Å². The first-order valence-corrected chi connectivity index (χ1v) is 8.69. The lowest BCUT2D eigenvalue weighted by molar-refractivity contribution is -0.135. The molecule has 3 N–H and O–H groups in total. The number of carboxylic acids is 1. The summed E-state index contributed by atoms with van der Waals surface area (Å²) in [4.78, 5) is 27.6. The van der Waals surface area contributed by atoms with E-state index >= 15 is 0 Å². The van der Waals surface area contributed by atoms with Gasteiger partial charge in [-0.15, -0.1) is 0 Å². The fourth-order valence-electron chi connectivity index (χ4n) is 2.99. The summed E-state index contributed by atoms with van der Waals surface area (Å²) < 4.78 is 5.50. The van der Waals surface area contributed by atoms with Gasteiger partial charge in [0.25, 0.3) is 5.91 Å². The largest absolute Gasteiger partial charge is 0.505 e. The number of hydrogen-bond acceptors (Lipinski definition) is 6. The van der Waals surface area contributed by atoms with Crippen molar-refractivity contribution in [2.75, 3.05) is 6.54 Å².